The molecule has 0 aromatic heterocycles. The molecule has 0 aliphatic carbocycles. The minimum atomic E-state index is -0.731. The molecule has 3 N–H and O–H groups in total. The highest BCUT2D eigenvalue weighted by atomic mass is 16.4. The Morgan fingerprint density at radius 2 is 1.80 bits per heavy atom. The number of carboxylic acids is 1. The Bertz CT molecular complexity index is 369. The van der Waals surface area contributed by atoms with Crippen LogP contribution < -0.4 is 5.73 Å². The van der Waals surface area contributed by atoms with E-state index in [2.05, 4.69) is 13.8 Å². The summed E-state index contributed by atoms with van der Waals surface area (Å²) in [6.45, 7) is 4.14. The van der Waals surface area contributed by atoms with Crippen LogP contribution in [0.25, 0.3) is 0 Å². The van der Waals surface area contributed by atoms with Crippen molar-refractivity contribution in [2.75, 3.05) is 0 Å². The molecule has 1 amide bonds. The fourth-order valence-corrected chi connectivity index (χ4v) is 3.86. The minimum absolute atomic E-state index is 0.0694. The van der Waals surface area contributed by atoms with Crippen molar-refractivity contribution >= 4 is 11.9 Å². The van der Waals surface area contributed by atoms with Crippen molar-refractivity contribution in [3.8, 4) is 0 Å². The van der Waals surface area contributed by atoms with Gasteiger partial charge in [-0.3, -0.25) is 9.59 Å². The van der Waals surface area contributed by atoms with Crippen molar-refractivity contribution in [2.24, 2.45) is 17.6 Å². The van der Waals surface area contributed by atoms with E-state index in [1.54, 1.807) is 0 Å². The first-order valence-corrected chi connectivity index (χ1v) is 7.68. The number of carboxylic acid groups (broad SMARTS) is 1. The first-order valence-electron chi connectivity index (χ1n) is 7.68. The molecule has 3 atom stereocenters. The summed E-state index contributed by atoms with van der Waals surface area (Å²) in [6, 6.07) is 0.0155. The number of nitrogens with zero attached hydrogens (tertiary/aromatic N) is 1. The van der Waals surface area contributed by atoms with Crippen LogP contribution in [0.4, 0.5) is 0 Å². The topological polar surface area (TPSA) is 83.6 Å². The van der Waals surface area contributed by atoms with Gasteiger partial charge >= 0.3 is 5.97 Å². The molecule has 114 valence electrons. The number of hydrogen-bond acceptors (Lipinski definition) is 3. The van der Waals surface area contributed by atoms with Crippen LogP contribution in [0.5, 0.6) is 0 Å². The van der Waals surface area contributed by atoms with E-state index >= 15 is 0 Å². The maximum absolute atomic E-state index is 12.5. The molecule has 3 unspecified atom stereocenters. The maximum atomic E-state index is 12.5. The highest BCUT2D eigenvalue weighted by Gasteiger charge is 2.44. The van der Waals surface area contributed by atoms with Gasteiger partial charge in [-0.1, -0.05) is 13.8 Å². The van der Waals surface area contributed by atoms with Crippen molar-refractivity contribution in [2.45, 2.75) is 70.5 Å². The number of carbonyl (C=O) groups is 2. The van der Waals surface area contributed by atoms with E-state index in [1.807, 2.05) is 4.90 Å². The van der Waals surface area contributed by atoms with Gasteiger partial charge in [0.25, 0.3) is 0 Å². The molecule has 2 aliphatic rings. The van der Waals surface area contributed by atoms with Crippen molar-refractivity contribution in [3.63, 3.8) is 0 Å². The van der Waals surface area contributed by atoms with E-state index in [4.69, 9.17) is 10.8 Å². The molecule has 0 saturated carbocycles. The summed E-state index contributed by atoms with van der Waals surface area (Å²) in [4.78, 5) is 25.3. The third-order valence-electron chi connectivity index (χ3n) is 4.59. The van der Waals surface area contributed by atoms with Crippen LogP contribution in [-0.2, 0) is 9.59 Å². The smallest absolute Gasteiger partial charge is 0.303 e. The van der Waals surface area contributed by atoms with Crippen LogP contribution in [0.2, 0.25) is 0 Å². The van der Waals surface area contributed by atoms with Gasteiger partial charge < -0.3 is 15.7 Å². The van der Waals surface area contributed by atoms with Crippen LogP contribution in [0.1, 0.15) is 52.4 Å². The molecule has 2 fully saturated rings. The zero-order valence-corrected chi connectivity index (χ0v) is 12.4. The number of fused-ring (bicyclic) bond motifs is 2. The molecule has 2 heterocycles. The lowest BCUT2D eigenvalue weighted by atomic mass is 9.87. The predicted molar refractivity (Wildman–Crippen MR) is 76.1 cm³/mol. The Balaban J connectivity index is 1.98. The van der Waals surface area contributed by atoms with Crippen LogP contribution in [-0.4, -0.2) is 40.0 Å². The molecule has 2 bridgehead atoms. The van der Waals surface area contributed by atoms with Gasteiger partial charge in [-0.25, -0.2) is 0 Å². The number of rotatable bonds is 5. The van der Waals surface area contributed by atoms with Crippen molar-refractivity contribution in [1.82, 2.24) is 4.90 Å². The summed E-state index contributed by atoms with van der Waals surface area (Å²) in [7, 11) is 0. The van der Waals surface area contributed by atoms with Crippen molar-refractivity contribution < 1.29 is 14.7 Å². The minimum Gasteiger partial charge on any atom is -0.481 e. The summed E-state index contributed by atoms with van der Waals surface area (Å²) in [5.74, 6) is -0.0304. The van der Waals surface area contributed by atoms with Gasteiger partial charge in [-0.05, 0) is 43.9 Å². The Kier molecular flexibility index (Phi) is 4.68. The Morgan fingerprint density at radius 3 is 2.25 bits per heavy atom. The molecular formula is C15H26N2O3. The largest absolute Gasteiger partial charge is 0.481 e. The second-order valence-electron chi connectivity index (χ2n) is 6.80. The summed E-state index contributed by atoms with van der Waals surface area (Å²) in [6.07, 6.45) is 4.59. The standard InChI is InChI=1S/C15H26N2O3/c1-9(2)5-13(16)15(20)17-11-3-4-12(17)7-10(6-11)8-14(18)19/h9-13H,3-8,16H2,1-2H3,(H,18,19). The molecule has 20 heavy (non-hydrogen) atoms. The van der Waals surface area contributed by atoms with E-state index in [-0.39, 0.29) is 30.3 Å². The lowest BCUT2D eigenvalue weighted by molar-refractivity contribution is -0.140. The third kappa shape index (κ3) is 3.32. The number of amides is 1. The fraction of sp³-hybridized carbons (Fsp3) is 0.867. The molecule has 2 rings (SSSR count). The highest BCUT2D eigenvalue weighted by molar-refractivity contribution is 5.82. The first kappa shape index (κ1) is 15.3. The van der Waals surface area contributed by atoms with Crippen molar-refractivity contribution in [1.29, 1.82) is 0 Å². The molecular weight excluding hydrogens is 256 g/mol. The third-order valence-corrected chi connectivity index (χ3v) is 4.59. The van der Waals surface area contributed by atoms with E-state index in [9.17, 15) is 9.59 Å². The number of nitrogens with two attached hydrogens (primary N) is 1. The zero-order chi connectivity index (χ0) is 14.9. The number of carbonyl (C=O) groups excluding carboxylic acids is 1. The lowest BCUT2D eigenvalue weighted by Gasteiger charge is -2.40. The van der Waals surface area contributed by atoms with Gasteiger partial charge in [0.05, 0.1) is 6.04 Å². The Hall–Kier alpha value is -1.10. The van der Waals surface area contributed by atoms with E-state index in [0.29, 0.717) is 12.3 Å². The highest BCUT2D eigenvalue weighted by Crippen LogP contribution is 2.40. The number of piperidine rings is 1. The van der Waals surface area contributed by atoms with E-state index < -0.39 is 12.0 Å². The van der Waals surface area contributed by atoms with E-state index in [0.717, 1.165) is 25.7 Å². The quantitative estimate of drug-likeness (QED) is 0.802. The van der Waals surface area contributed by atoms with E-state index in [1.165, 1.54) is 0 Å². The molecule has 2 aliphatic heterocycles. The lowest BCUT2D eigenvalue weighted by Crippen LogP contribution is -2.53. The molecule has 0 aromatic rings. The van der Waals surface area contributed by atoms with Gasteiger partial charge in [-0.15, -0.1) is 0 Å². The van der Waals surface area contributed by atoms with Crippen LogP contribution >= 0.6 is 0 Å². The number of aliphatic carboxylic acids is 1. The van der Waals surface area contributed by atoms with Gasteiger partial charge in [0.15, 0.2) is 0 Å². The predicted octanol–water partition coefficient (Wildman–Crippen LogP) is 1.60. The Labute approximate surface area is 120 Å². The summed E-state index contributed by atoms with van der Waals surface area (Å²) in [5, 5.41) is 8.92. The van der Waals surface area contributed by atoms with Gasteiger partial charge in [-0.2, -0.15) is 0 Å². The fourth-order valence-electron chi connectivity index (χ4n) is 3.86. The van der Waals surface area contributed by atoms with Crippen LogP contribution in [0.3, 0.4) is 0 Å². The van der Waals surface area contributed by atoms with Crippen LogP contribution in [0, 0.1) is 11.8 Å². The second-order valence-corrected chi connectivity index (χ2v) is 6.80. The average molecular weight is 282 g/mol. The second kappa shape index (κ2) is 6.12. The van der Waals surface area contributed by atoms with Crippen molar-refractivity contribution in [3.05, 3.63) is 0 Å². The summed E-state index contributed by atoms with van der Waals surface area (Å²) in [5.41, 5.74) is 6.03. The maximum Gasteiger partial charge on any atom is 0.303 e. The Morgan fingerprint density at radius 1 is 1.25 bits per heavy atom. The molecule has 0 aromatic carbocycles. The SMILES string of the molecule is CC(C)CC(N)C(=O)N1C2CCC1CC(CC(=O)O)C2. The normalized spacial score (nSPS) is 30.6. The van der Waals surface area contributed by atoms with Gasteiger partial charge in [0.2, 0.25) is 5.91 Å². The average Bonchev–Trinajstić information content (AvgIpc) is 2.58. The van der Waals surface area contributed by atoms with Crippen LogP contribution in [0.15, 0.2) is 0 Å². The molecule has 0 spiro atoms. The van der Waals surface area contributed by atoms with Gasteiger partial charge in [0.1, 0.15) is 0 Å². The molecule has 0 radical (unpaired) electrons. The zero-order valence-electron chi connectivity index (χ0n) is 12.4. The molecule has 5 nitrogen and oxygen atoms in total. The molecule has 5 heteroatoms. The summed E-state index contributed by atoms with van der Waals surface area (Å²) >= 11 is 0. The van der Waals surface area contributed by atoms with Gasteiger partial charge in [0, 0.05) is 18.5 Å². The monoisotopic (exact) mass is 282 g/mol. The molecule has 2 saturated heterocycles. The summed E-state index contributed by atoms with van der Waals surface area (Å²) < 4.78 is 0. The first-order chi connectivity index (χ1) is 9.38. The number of hydrogen-bond donors (Lipinski definition) is 2.